The highest BCUT2D eigenvalue weighted by Gasteiger charge is 2.17. The molecule has 0 aliphatic rings. The van der Waals surface area contributed by atoms with E-state index in [1.165, 1.54) is 6.07 Å². The molecule has 3 aromatic carbocycles. The molecule has 0 N–H and O–H groups in total. The highest BCUT2D eigenvalue weighted by atomic mass is 127. The third-order valence-electron chi connectivity index (χ3n) is 4.36. The molecule has 0 aliphatic carbocycles. The fourth-order valence-corrected chi connectivity index (χ4v) is 4.75. The van der Waals surface area contributed by atoms with Gasteiger partial charge in [0, 0.05) is 21.1 Å². The van der Waals surface area contributed by atoms with Crippen molar-refractivity contribution in [2.75, 3.05) is 19.1 Å². The lowest BCUT2D eigenvalue weighted by Crippen LogP contribution is -2.24. The first-order chi connectivity index (χ1) is 13.5. The van der Waals surface area contributed by atoms with E-state index in [1.807, 2.05) is 59.5 Å². The molecule has 6 heteroatoms. The molecule has 0 amide bonds. The van der Waals surface area contributed by atoms with Crippen LogP contribution in [0.15, 0.2) is 65.1 Å². The Morgan fingerprint density at radius 1 is 0.857 bits per heavy atom. The highest BCUT2D eigenvalue weighted by Crippen LogP contribution is 2.32. The lowest BCUT2D eigenvalue weighted by Gasteiger charge is -2.27. The normalized spacial score (nSPS) is 10.6. The van der Waals surface area contributed by atoms with Gasteiger partial charge in [0.2, 0.25) is 0 Å². The predicted octanol–water partition coefficient (Wildman–Crippen LogP) is 6.42. The number of anilines is 1. The Hall–Kier alpha value is -1.80. The van der Waals surface area contributed by atoms with Gasteiger partial charge in [0.25, 0.3) is 0 Å². The molecule has 0 saturated heterocycles. The first-order valence-corrected chi connectivity index (χ1v) is 10.5. The van der Waals surface area contributed by atoms with Crippen LogP contribution < -0.4 is 14.4 Å². The van der Waals surface area contributed by atoms with Crippen molar-refractivity contribution in [1.82, 2.24) is 0 Å². The SMILES string of the molecule is COc1ccc(CN(Cc2ccc(OC)cc2)c2c(F)cc(Br)cc2I)cc1. The fraction of sp³-hybridized carbons (Fsp3) is 0.182. The molecule has 0 saturated carbocycles. The van der Waals surface area contributed by atoms with E-state index in [1.54, 1.807) is 14.2 Å². The minimum Gasteiger partial charge on any atom is -0.497 e. The first-order valence-electron chi connectivity index (χ1n) is 8.65. The van der Waals surface area contributed by atoms with Crippen molar-refractivity contribution in [3.8, 4) is 11.5 Å². The van der Waals surface area contributed by atoms with E-state index in [0.29, 0.717) is 18.8 Å². The minimum atomic E-state index is -0.249. The van der Waals surface area contributed by atoms with Crippen LogP contribution in [0.25, 0.3) is 0 Å². The van der Waals surface area contributed by atoms with Crippen LogP contribution in [0, 0.1) is 9.39 Å². The Bertz CT molecular complexity index is 860. The zero-order valence-electron chi connectivity index (χ0n) is 15.6. The summed E-state index contributed by atoms with van der Waals surface area (Å²) in [6.07, 6.45) is 0. The molecule has 0 bridgehead atoms. The van der Waals surface area contributed by atoms with E-state index < -0.39 is 0 Å². The van der Waals surface area contributed by atoms with Gasteiger partial charge in [-0.25, -0.2) is 4.39 Å². The molecule has 0 heterocycles. The van der Waals surface area contributed by atoms with Crippen molar-refractivity contribution in [1.29, 1.82) is 0 Å². The van der Waals surface area contributed by atoms with Crippen LogP contribution >= 0.6 is 38.5 Å². The number of methoxy groups -OCH3 is 2. The van der Waals surface area contributed by atoms with E-state index in [4.69, 9.17) is 9.47 Å². The molecule has 0 aliphatic heterocycles. The maximum absolute atomic E-state index is 14.9. The van der Waals surface area contributed by atoms with Gasteiger partial charge in [-0.1, -0.05) is 40.2 Å². The molecule has 146 valence electrons. The summed E-state index contributed by atoms with van der Waals surface area (Å²) in [6, 6.07) is 19.1. The van der Waals surface area contributed by atoms with Gasteiger partial charge < -0.3 is 14.4 Å². The molecule has 28 heavy (non-hydrogen) atoms. The molecule has 0 fully saturated rings. The van der Waals surface area contributed by atoms with Crippen molar-refractivity contribution in [2.24, 2.45) is 0 Å². The van der Waals surface area contributed by atoms with Crippen molar-refractivity contribution in [3.05, 3.63) is 85.7 Å². The Morgan fingerprint density at radius 3 is 1.71 bits per heavy atom. The average molecular weight is 556 g/mol. The second kappa shape index (κ2) is 9.60. The number of hydrogen-bond donors (Lipinski definition) is 0. The van der Waals surface area contributed by atoms with Crippen LogP contribution in [0.3, 0.4) is 0 Å². The number of ether oxygens (including phenoxy) is 2. The van der Waals surface area contributed by atoms with Gasteiger partial charge in [-0.3, -0.25) is 0 Å². The number of rotatable bonds is 7. The molecule has 3 aromatic rings. The van der Waals surface area contributed by atoms with Crippen LogP contribution in [-0.2, 0) is 13.1 Å². The Morgan fingerprint density at radius 2 is 1.32 bits per heavy atom. The molecule has 0 unspecified atom stereocenters. The van der Waals surface area contributed by atoms with Crippen molar-refractivity contribution < 1.29 is 13.9 Å². The van der Waals surface area contributed by atoms with Crippen molar-refractivity contribution in [2.45, 2.75) is 13.1 Å². The summed E-state index contributed by atoms with van der Waals surface area (Å²) in [6.45, 7) is 1.15. The van der Waals surface area contributed by atoms with E-state index in [9.17, 15) is 4.39 Å². The van der Waals surface area contributed by atoms with E-state index >= 15 is 0 Å². The van der Waals surface area contributed by atoms with Gasteiger partial charge in [-0.15, -0.1) is 0 Å². The van der Waals surface area contributed by atoms with Gasteiger partial charge in [-0.2, -0.15) is 0 Å². The van der Waals surface area contributed by atoms with E-state index in [2.05, 4.69) is 38.5 Å². The Balaban J connectivity index is 1.94. The van der Waals surface area contributed by atoms with Crippen LogP contribution in [-0.4, -0.2) is 14.2 Å². The second-order valence-corrected chi connectivity index (χ2v) is 8.35. The summed E-state index contributed by atoms with van der Waals surface area (Å²) < 4.78 is 26.9. The van der Waals surface area contributed by atoms with Gasteiger partial charge in [-0.05, 0) is 70.1 Å². The Kier molecular flexibility index (Phi) is 7.18. The third kappa shape index (κ3) is 5.17. The number of nitrogens with zero attached hydrogens (tertiary/aromatic N) is 1. The third-order valence-corrected chi connectivity index (χ3v) is 5.64. The monoisotopic (exact) mass is 555 g/mol. The number of hydrogen-bond acceptors (Lipinski definition) is 3. The molecule has 0 atom stereocenters. The van der Waals surface area contributed by atoms with E-state index in [0.717, 1.165) is 30.7 Å². The van der Waals surface area contributed by atoms with Gasteiger partial charge in [0.05, 0.1) is 19.9 Å². The van der Waals surface area contributed by atoms with Crippen molar-refractivity contribution in [3.63, 3.8) is 0 Å². The Labute approximate surface area is 186 Å². The van der Waals surface area contributed by atoms with Gasteiger partial charge in [0.1, 0.15) is 17.3 Å². The van der Waals surface area contributed by atoms with Gasteiger partial charge >= 0.3 is 0 Å². The average Bonchev–Trinajstić information content (AvgIpc) is 2.68. The zero-order valence-corrected chi connectivity index (χ0v) is 19.3. The zero-order chi connectivity index (χ0) is 20.1. The molecule has 3 rings (SSSR count). The van der Waals surface area contributed by atoms with Crippen molar-refractivity contribution >= 4 is 44.2 Å². The minimum absolute atomic E-state index is 0.249. The van der Waals surface area contributed by atoms with Crippen LogP contribution in [0.2, 0.25) is 0 Å². The largest absolute Gasteiger partial charge is 0.497 e. The van der Waals surface area contributed by atoms with Crippen LogP contribution in [0.4, 0.5) is 10.1 Å². The molecule has 0 radical (unpaired) electrons. The molecule has 0 aromatic heterocycles. The maximum atomic E-state index is 14.9. The van der Waals surface area contributed by atoms with Crippen LogP contribution in [0.5, 0.6) is 11.5 Å². The standard InChI is InChI=1S/C22H20BrFINO2/c1-27-18-7-3-15(4-8-18)13-26(14-16-5-9-19(28-2)10-6-16)22-20(24)11-17(23)12-21(22)25/h3-12H,13-14H2,1-2H3. The summed E-state index contributed by atoms with van der Waals surface area (Å²) in [5, 5.41) is 0. The second-order valence-electron chi connectivity index (χ2n) is 6.27. The quantitative estimate of drug-likeness (QED) is 0.314. The molecular formula is C22H20BrFINO2. The fourth-order valence-electron chi connectivity index (χ4n) is 2.95. The molecule has 0 spiro atoms. The summed E-state index contributed by atoms with van der Waals surface area (Å²) in [5.41, 5.74) is 2.75. The lowest BCUT2D eigenvalue weighted by atomic mass is 10.1. The van der Waals surface area contributed by atoms with E-state index in [-0.39, 0.29) is 5.82 Å². The highest BCUT2D eigenvalue weighted by molar-refractivity contribution is 14.1. The molecular weight excluding hydrogens is 536 g/mol. The van der Waals surface area contributed by atoms with Gasteiger partial charge in [0.15, 0.2) is 0 Å². The summed E-state index contributed by atoms with van der Waals surface area (Å²) in [5.74, 6) is 1.35. The number of benzene rings is 3. The summed E-state index contributed by atoms with van der Waals surface area (Å²) >= 11 is 5.55. The topological polar surface area (TPSA) is 21.7 Å². The predicted molar refractivity (Wildman–Crippen MR) is 123 cm³/mol. The summed E-state index contributed by atoms with van der Waals surface area (Å²) in [4.78, 5) is 2.05. The smallest absolute Gasteiger partial charge is 0.148 e. The first kappa shape index (κ1) is 20.9. The molecule has 3 nitrogen and oxygen atoms in total. The van der Waals surface area contributed by atoms with Crippen LogP contribution in [0.1, 0.15) is 11.1 Å². The number of halogens is 3. The maximum Gasteiger partial charge on any atom is 0.148 e. The lowest BCUT2D eigenvalue weighted by molar-refractivity contribution is 0.414. The summed E-state index contributed by atoms with van der Waals surface area (Å²) in [7, 11) is 3.29.